The van der Waals surface area contributed by atoms with Crippen LogP contribution in [0.4, 0.5) is 0 Å². The smallest absolute Gasteiger partial charge is 0.0135 e. The first-order chi connectivity index (χ1) is 5.26. The Hall–Kier alpha value is -0.0500. The normalized spacial score (nSPS) is 10.1. The molecule has 0 bridgehead atoms. The van der Waals surface area contributed by atoms with Gasteiger partial charge in [0.05, 0.1) is 0 Å². The van der Waals surface area contributed by atoms with Gasteiger partial charge < -0.3 is 0 Å². The standard InChI is InChI=1S/C10H13I/c1-3-8-5-9(4-2)7-10(11)6-8/h5-7H,3-4H2,1-2H3. The van der Waals surface area contributed by atoms with Gasteiger partial charge in [0.25, 0.3) is 0 Å². The lowest BCUT2D eigenvalue weighted by atomic mass is 10.1. The van der Waals surface area contributed by atoms with E-state index < -0.39 is 0 Å². The van der Waals surface area contributed by atoms with Gasteiger partial charge in [0.2, 0.25) is 0 Å². The van der Waals surface area contributed by atoms with Crippen molar-refractivity contribution in [3.8, 4) is 0 Å². The maximum atomic E-state index is 2.38. The molecule has 0 atom stereocenters. The van der Waals surface area contributed by atoms with Crippen LogP contribution in [0.1, 0.15) is 25.0 Å². The first-order valence-electron chi connectivity index (χ1n) is 4.04. The Morgan fingerprint density at radius 3 is 1.82 bits per heavy atom. The van der Waals surface area contributed by atoms with Gasteiger partial charge in [-0.2, -0.15) is 0 Å². The highest BCUT2D eigenvalue weighted by atomic mass is 127. The zero-order valence-electron chi connectivity index (χ0n) is 7.02. The predicted octanol–water partition coefficient (Wildman–Crippen LogP) is 3.42. The highest BCUT2D eigenvalue weighted by Gasteiger charge is 1.95. The molecule has 0 saturated heterocycles. The summed E-state index contributed by atoms with van der Waals surface area (Å²) >= 11 is 2.38. The lowest BCUT2D eigenvalue weighted by molar-refractivity contribution is 1.08. The molecule has 1 aromatic rings. The molecule has 1 rings (SSSR count). The van der Waals surface area contributed by atoms with Crippen LogP contribution >= 0.6 is 22.6 Å². The summed E-state index contributed by atoms with van der Waals surface area (Å²) in [7, 11) is 0. The molecule has 0 fully saturated rings. The average Bonchev–Trinajstić information content (AvgIpc) is 2.03. The Labute approximate surface area is 82.2 Å². The highest BCUT2D eigenvalue weighted by molar-refractivity contribution is 14.1. The molecule has 1 aromatic carbocycles. The first kappa shape index (κ1) is 9.04. The van der Waals surface area contributed by atoms with E-state index in [1.54, 1.807) is 0 Å². The van der Waals surface area contributed by atoms with Crippen LogP contribution in [-0.2, 0) is 12.8 Å². The molecular formula is C10H13I. The summed E-state index contributed by atoms with van der Waals surface area (Å²) in [5, 5.41) is 0. The number of hydrogen-bond acceptors (Lipinski definition) is 0. The molecule has 0 aliphatic rings. The van der Waals surface area contributed by atoms with E-state index in [-0.39, 0.29) is 0 Å². The molecule has 0 saturated carbocycles. The Morgan fingerprint density at radius 2 is 1.45 bits per heavy atom. The van der Waals surface area contributed by atoms with Gasteiger partial charge in [-0.3, -0.25) is 0 Å². The van der Waals surface area contributed by atoms with Gasteiger partial charge in [0.1, 0.15) is 0 Å². The topological polar surface area (TPSA) is 0 Å². The largest absolute Gasteiger partial charge is 0.0613 e. The molecule has 0 nitrogen and oxygen atoms in total. The third kappa shape index (κ3) is 2.47. The number of halogens is 1. The fourth-order valence-electron chi connectivity index (χ4n) is 1.13. The SMILES string of the molecule is CCc1cc(I)cc(CC)c1. The van der Waals surface area contributed by atoms with Crippen LogP contribution in [0.3, 0.4) is 0 Å². The van der Waals surface area contributed by atoms with E-state index in [1.165, 1.54) is 14.7 Å². The minimum Gasteiger partial charge on any atom is -0.0613 e. The van der Waals surface area contributed by atoms with Crippen molar-refractivity contribution in [1.82, 2.24) is 0 Å². The van der Waals surface area contributed by atoms with Crippen molar-refractivity contribution in [3.05, 3.63) is 32.9 Å². The predicted molar refractivity (Wildman–Crippen MR) is 57.9 cm³/mol. The first-order valence-corrected chi connectivity index (χ1v) is 5.12. The Morgan fingerprint density at radius 1 is 1.00 bits per heavy atom. The Kier molecular flexibility index (Phi) is 3.37. The molecule has 11 heavy (non-hydrogen) atoms. The summed E-state index contributed by atoms with van der Waals surface area (Å²) in [5.41, 5.74) is 2.91. The summed E-state index contributed by atoms with van der Waals surface area (Å²) in [5.74, 6) is 0. The van der Waals surface area contributed by atoms with Gasteiger partial charge in [0.15, 0.2) is 0 Å². The molecule has 60 valence electrons. The molecule has 0 aromatic heterocycles. The van der Waals surface area contributed by atoms with E-state index in [0.717, 1.165) is 12.8 Å². The molecule has 0 aliphatic carbocycles. The fourth-order valence-corrected chi connectivity index (χ4v) is 1.93. The number of aryl methyl sites for hydroxylation is 2. The van der Waals surface area contributed by atoms with Crippen molar-refractivity contribution in [1.29, 1.82) is 0 Å². The van der Waals surface area contributed by atoms with Crippen molar-refractivity contribution in [2.75, 3.05) is 0 Å². The van der Waals surface area contributed by atoms with E-state index in [2.05, 4.69) is 54.6 Å². The van der Waals surface area contributed by atoms with E-state index in [0.29, 0.717) is 0 Å². The molecule has 0 spiro atoms. The molecule has 0 unspecified atom stereocenters. The van der Waals surface area contributed by atoms with Crippen LogP contribution in [-0.4, -0.2) is 0 Å². The second kappa shape index (κ2) is 4.10. The van der Waals surface area contributed by atoms with E-state index >= 15 is 0 Å². The molecular weight excluding hydrogens is 247 g/mol. The maximum Gasteiger partial charge on any atom is 0.0135 e. The van der Waals surface area contributed by atoms with Crippen LogP contribution in [0.2, 0.25) is 0 Å². The van der Waals surface area contributed by atoms with Crippen LogP contribution in [0.25, 0.3) is 0 Å². The number of hydrogen-bond donors (Lipinski definition) is 0. The average molecular weight is 260 g/mol. The molecule has 1 heteroatoms. The summed E-state index contributed by atoms with van der Waals surface area (Å²) in [4.78, 5) is 0. The molecule has 0 N–H and O–H groups in total. The van der Waals surface area contributed by atoms with Crippen molar-refractivity contribution < 1.29 is 0 Å². The van der Waals surface area contributed by atoms with Crippen LogP contribution < -0.4 is 0 Å². The van der Waals surface area contributed by atoms with Crippen LogP contribution in [0, 0.1) is 3.57 Å². The van der Waals surface area contributed by atoms with Gasteiger partial charge in [-0.05, 0) is 58.7 Å². The van der Waals surface area contributed by atoms with E-state index in [9.17, 15) is 0 Å². The zero-order valence-corrected chi connectivity index (χ0v) is 9.18. The van der Waals surface area contributed by atoms with Crippen molar-refractivity contribution in [3.63, 3.8) is 0 Å². The minimum absolute atomic E-state index is 1.14. The highest BCUT2D eigenvalue weighted by Crippen LogP contribution is 2.13. The third-order valence-corrected chi connectivity index (χ3v) is 2.46. The Bertz CT molecular complexity index is 218. The molecule has 0 heterocycles. The monoisotopic (exact) mass is 260 g/mol. The van der Waals surface area contributed by atoms with Crippen molar-refractivity contribution in [2.45, 2.75) is 26.7 Å². The summed E-state index contributed by atoms with van der Waals surface area (Å²) in [6, 6.07) is 6.79. The van der Waals surface area contributed by atoms with Gasteiger partial charge in [-0.15, -0.1) is 0 Å². The summed E-state index contributed by atoms with van der Waals surface area (Å²) in [6.45, 7) is 4.40. The molecule has 0 aliphatic heterocycles. The second-order valence-corrected chi connectivity index (χ2v) is 3.92. The van der Waals surface area contributed by atoms with E-state index in [4.69, 9.17) is 0 Å². The zero-order chi connectivity index (χ0) is 8.27. The molecule has 0 amide bonds. The van der Waals surface area contributed by atoms with Gasteiger partial charge in [-0.25, -0.2) is 0 Å². The summed E-state index contributed by atoms with van der Waals surface area (Å²) < 4.78 is 1.36. The van der Waals surface area contributed by atoms with Crippen LogP contribution in [0.5, 0.6) is 0 Å². The lowest BCUT2D eigenvalue weighted by Gasteiger charge is -2.01. The Balaban J connectivity index is 3.02. The van der Waals surface area contributed by atoms with Gasteiger partial charge in [-0.1, -0.05) is 19.9 Å². The fraction of sp³-hybridized carbons (Fsp3) is 0.400. The van der Waals surface area contributed by atoms with Gasteiger partial charge >= 0.3 is 0 Å². The maximum absolute atomic E-state index is 2.38. The minimum atomic E-state index is 1.14. The number of rotatable bonds is 2. The second-order valence-electron chi connectivity index (χ2n) is 2.67. The van der Waals surface area contributed by atoms with Crippen molar-refractivity contribution in [2.24, 2.45) is 0 Å². The third-order valence-electron chi connectivity index (χ3n) is 1.83. The lowest BCUT2D eigenvalue weighted by Crippen LogP contribution is -1.87. The summed E-state index contributed by atoms with van der Waals surface area (Å²) in [6.07, 6.45) is 2.29. The van der Waals surface area contributed by atoms with Gasteiger partial charge in [0, 0.05) is 3.57 Å². The van der Waals surface area contributed by atoms with E-state index in [1.807, 2.05) is 0 Å². The van der Waals surface area contributed by atoms with Crippen LogP contribution in [0.15, 0.2) is 18.2 Å². The van der Waals surface area contributed by atoms with Crippen molar-refractivity contribution >= 4 is 22.6 Å². The number of benzene rings is 1. The quantitative estimate of drug-likeness (QED) is 0.715. The molecule has 0 radical (unpaired) electrons.